The van der Waals surface area contributed by atoms with Crippen molar-refractivity contribution < 1.29 is 22.7 Å². The minimum atomic E-state index is -4.58. The van der Waals surface area contributed by atoms with Crippen LogP contribution in [0.5, 0.6) is 0 Å². The van der Waals surface area contributed by atoms with Crippen LogP contribution < -0.4 is 4.90 Å². The van der Waals surface area contributed by atoms with Crippen molar-refractivity contribution in [1.82, 2.24) is 4.90 Å². The molecule has 1 aromatic carbocycles. The molecule has 5 nitrogen and oxygen atoms in total. The summed E-state index contributed by atoms with van der Waals surface area (Å²) in [6.45, 7) is 5.57. The molecule has 4 rings (SSSR count). The molecule has 2 aliphatic heterocycles. The van der Waals surface area contributed by atoms with E-state index in [-0.39, 0.29) is 22.8 Å². The zero-order valence-electron chi connectivity index (χ0n) is 19.2. The van der Waals surface area contributed by atoms with E-state index in [0.717, 1.165) is 25.3 Å². The second-order valence-electron chi connectivity index (χ2n) is 9.86. The molecule has 0 aromatic heterocycles. The predicted molar refractivity (Wildman–Crippen MR) is 119 cm³/mol. The number of carbonyl (C=O) groups excluding carboxylic acids is 1. The molecule has 2 heterocycles. The first-order chi connectivity index (χ1) is 15.8. The largest absolute Gasteiger partial charge is 0.417 e. The van der Waals surface area contributed by atoms with Gasteiger partial charge >= 0.3 is 6.18 Å². The van der Waals surface area contributed by atoms with Gasteiger partial charge in [-0.15, -0.1) is 0 Å². The lowest BCUT2D eigenvalue weighted by Gasteiger charge is -2.44. The Morgan fingerprint density at radius 1 is 1.27 bits per heavy atom. The number of piperidine rings is 1. The third kappa shape index (κ3) is 4.98. The Morgan fingerprint density at radius 2 is 2.03 bits per heavy atom. The molecule has 2 atom stereocenters. The van der Waals surface area contributed by atoms with Gasteiger partial charge in [0.15, 0.2) is 0 Å². The maximum Gasteiger partial charge on any atom is 0.417 e. The van der Waals surface area contributed by atoms with Gasteiger partial charge in [0, 0.05) is 56.2 Å². The number of ether oxygens (including phenoxy) is 1. The summed E-state index contributed by atoms with van der Waals surface area (Å²) < 4.78 is 46.3. The number of alkyl halides is 3. The lowest BCUT2D eigenvalue weighted by Crippen LogP contribution is -2.49. The van der Waals surface area contributed by atoms with Gasteiger partial charge in [-0.3, -0.25) is 4.79 Å². The number of anilines is 1. The van der Waals surface area contributed by atoms with Crippen LogP contribution in [-0.4, -0.2) is 50.2 Å². The fourth-order valence-corrected chi connectivity index (χ4v) is 5.90. The summed E-state index contributed by atoms with van der Waals surface area (Å²) in [4.78, 5) is 17.0. The first kappa shape index (κ1) is 23.9. The highest BCUT2D eigenvalue weighted by atomic mass is 19.4. The molecular weight excluding hydrogens is 431 g/mol. The van der Waals surface area contributed by atoms with Gasteiger partial charge in [0.05, 0.1) is 23.8 Å². The van der Waals surface area contributed by atoms with Crippen molar-refractivity contribution in [2.75, 3.05) is 44.3 Å². The lowest BCUT2D eigenvalue weighted by molar-refractivity contribution is -0.137. The molecule has 0 N–H and O–H groups in total. The molecule has 3 aliphatic rings. The van der Waals surface area contributed by atoms with E-state index < -0.39 is 11.7 Å². The standard InChI is InChI=1S/C25H32F3N3O2/c1-2-33-17-24-9-10-30(21-8-7-19(13-29)22(12-21)25(26,27)28)14-20(24)15-31(16-24)23(32)11-18-5-3-4-6-18/h7-8,12,18,20H,2-6,9-11,14-17H2,1H3/t20-,24+/m1/s1. The van der Waals surface area contributed by atoms with Gasteiger partial charge in [-0.2, -0.15) is 18.4 Å². The Balaban J connectivity index is 1.52. The molecule has 33 heavy (non-hydrogen) atoms. The fourth-order valence-electron chi connectivity index (χ4n) is 5.90. The molecule has 0 unspecified atom stereocenters. The molecule has 0 bridgehead atoms. The molecule has 0 radical (unpaired) electrons. The summed E-state index contributed by atoms with van der Waals surface area (Å²) in [6, 6.07) is 5.59. The normalized spacial score (nSPS) is 25.8. The Bertz CT molecular complexity index is 907. The first-order valence-corrected chi connectivity index (χ1v) is 12.0. The number of carbonyl (C=O) groups is 1. The van der Waals surface area contributed by atoms with Gasteiger partial charge < -0.3 is 14.5 Å². The van der Waals surface area contributed by atoms with Crippen molar-refractivity contribution >= 4 is 11.6 Å². The average Bonchev–Trinajstić information content (AvgIpc) is 3.44. The maximum atomic E-state index is 13.5. The summed E-state index contributed by atoms with van der Waals surface area (Å²) >= 11 is 0. The topological polar surface area (TPSA) is 56.6 Å². The second-order valence-corrected chi connectivity index (χ2v) is 9.86. The SMILES string of the molecule is CCOC[C@@]12CCN(c3ccc(C#N)c(C(F)(F)F)c3)C[C@@H]1CN(C(=O)CC1CCCC1)C2. The van der Waals surface area contributed by atoms with E-state index >= 15 is 0 Å². The van der Waals surface area contributed by atoms with Gasteiger partial charge in [0.2, 0.25) is 5.91 Å². The smallest absolute Gasteiger partial charge is 0.381 e. The molecule has 2 saturated heterocycles. The molecule has 1 saturated carbocycles. The van der Waals surface area contributed by atoms with E-state index in [2.05, 4.69) is 0 Å². The zero-order valence-corrected chi connectivity index (χ0v) is 19.2. The van der Waals surface area contributed by atoms with Crippen molar-refractivity contribution in [3.63, 3.8) is 0 Å². The van der Waals surface area contributed by atoms with Crippen molar-refractivity contribution in [2.45, 2.75) is 51.6 Å². The molecule has 3 fully saturated rings. The number of nitriles is 1. The first-order valence-electron chi connectivity index (χ1n) is 12.0. The number of hydrogen-bond donors (Lipinski definition) is 0. The summed E-state index contributed by atoms with van der Waals surface area (Å²) in [7, 11) is 0. The van der Waals surface area contributed by atoms with Crippen LogP contribution in [0.15, 0.2) is 18.2 Å². The second kappa shape index (κ2) is 9.54. The zero-order chi connectivity index (χ0) is 23.6. The average molecular weight is 464 g/mol. The number of nitrogens with zero attached hydrogens (tertiary/aromatic N) is 3. The number of likely N-dealkylation sites (tertiary alicyclic amines) is 1. The molecule has 8 heteroatoms. The van der Waals surface area contributed by atoms with Crippen LogP contribution in [0.3, 0.4) is 0 Å². The number of amides is 1. The summed E-state index contributed by atoms with van der Waals surface area (Å²) in [5.41, 5.74) is -0.939. The van der Waals surface area contributed by atoms with E-state index in [1.54, 1.807) is 12.1 Å². The van der Waals surface area contributed by atoms with Crippen LogP contribution in [0, 0.1) is 28.6 Å². The lowest BCUT2D eigenvalue weighted by atomic mass is 9.73. The minimum Gasteiger partial charge on any atom is -0.381 e. The molecular formula is C25H32F3N3O2. The number of hydrogen-bond acceptors (Lipinski definition) is 4. The fraction of sp³-hybridized carbons (Fsp3) is 0.680. The van der Waals surface area contributed by atoms with E-state index in [9.17, 15) is 18.0 Å². The highest BCUT2D eigenvalue weighted by Gasteiger charge is 2.51. The molecule has 0 spiro atoms. The van der Waals surface area contributed by atoms with Crippen LogP contribution in [0.4, 0.5) is 18.9 Å². The van der Waals surface area contributed by atoms with E-state index in [0.29, 0.717) is 57.4 Å². The monoisotopic (exact) mass is 463 g/mol. The molecule has 1 aliphatic carbocycles. The van der Waals surface area contributed by atoms with Gasteiger partial charge in [-0.25, -0.2) is 0 Å². The van der Waals surface area contributed by atoms with Crippen molar-refractivity contribution in [3.8, 4) is 6.07 Å². The van der Waals surface area contributed by atoms with E-state index in [4.69, 9.17) is 10.00 Å². The molecule has 1 aromatic rings. The van der Waals surface area contributed by atoms with Crippen molar-refractivity contribution in [3.05, 3.63) is 29.3 Å². The Kier molecular flexibility index (Phi) is 6.90. The number of fused-ring (bicyclic) bond motifs is 1. The predicted octanol–water partition coefficient (Wildman–Crippen LogP) is 4.85. The Hall–Kier alpha value is -2.27. The van der Waals surface area contributed by atoms with Crippen molar-refractivity contribution in [2.24, 2.45) is 17.3 Å². The van der Waals surface area contributed by atoms with Crippen molar-refractivity contribution in [1.29, 1.82) is 5.26 Å². The Labute approximate surface area is 193 Å². The van der Waals surface area contributed by atoms with Gasteiger partial charge in [0.25, 0.3) is 0 Å². The Morgan fingerprint density at radius 3 is 2.70 bits per heavy atom. The van der Waals surface area contributed by atoms with E-state index in [1.165, 1.54) is 18.9 Å². The van der Waals surface area contributed by atoms with Crippen LogP contribution in [0.1, 0.15) is 56.6 Å². The minimum absolute atomic E-state index is 0.135. The van der Waals surface area contributed by atoms with E-state index in [1.807, 2.05) is 16.7 Å². The third-order valence-electron chi connectivity index (χ3n) is 7.81. The summed E-state index contributed by atoms with van der Waals surface area (Å²) in [6.07, 6.45) is 1.44. The van der Waals surface area contributed by atoms with Crippen LogP contribution >= 0.6 is 0 Å². The van der Waals surface area contributed by atoms with Gasteiger partial charge in [-0.05, 0) is 50.3 Å². The van der Waals surface area contributed by atoms with Crippen LogP contribution in [-0.2, 0) is 15.7 Å². The highest BCUT2D eigenvalue weighted by molar-refractivity contribution is 5.77. The number of halogens is 3. The highest BCUT2D eigenvalue weighted by Crippen LogP contribution is 2.45. The maximum absolute atomic E-state index is 13.5. The number of rotatable bonds is 6. The van der Waals surface area contributed by atoms with Gasteiger partial charge in [0.1, 0.15) is 0 Å². The third-order valence-corrected chi connectivity index (χ3v) is 7.81. The van der Waals surface area contributed by atoms with Crippen LogP contribution in [0.2, 0.25) is 0 Å². The van der Waals surface area contributed by atoms with Crippen LogP contribution in [0.25, 0.3) is 0 Å². The quantitative estimate of drug-likeness (QED) is 0.605. The molecule has 180 valence electrons. The van der Waals surface area contributed by atoms with Gasteiger partial charge in [-0.1, -0.05) is 12.8 Å². The summed E-state index contributed by atoms with van der Waals surface area (Å²) in [5.74, 6) is 0.825. The summed E-state index contributed by atoms with van der Waals surface area (Å²) in [5, 5.41) is 9.09. The molecule has 1 amide bonds. The number of benzene rings is 1.